The lowest BCUT2D eigenvalue weighted by molar-refractivity contribution is 0.151. The Balaban J connectivity index is 1.54. The smallest absolute Gasteiger partial charge is 0.140 e. The van der Waals surface area contributed by atoms with Gasteiger partial charge in [-0.2, -0.15) is 0 Å². The average Bonchev–Trinajstić information content (AvgIpc) is 3.24. The Bertz CT molecular complexity index is 675. The van der Waals surface area contributed by atoms with E-state index >= 15 is 0 Å². The van der Waals surface area contributed by atoms with Crippen LogP contribution in [0.2, 0.25) is 0 Å². The van der Waals surface area contributed by atoms with E-state index in [4.69, 9.17) is 0 Å². The van der Waals surface area contributed by atoms with Crippen molar-refractivity contribution in [2.45, 2.75) is 12.1 Å². The van der Waals surface area contributed by atoms with Crippen molar-refractivity contribution in [3.05, 3.63) is 36.7 Å². The molecule has 0 radical (unpaired) electrons. The van der Waals surface area contributed by atoms with Gasteiger partial charge in [-0.3, -0.25) is 0 Å². The number of aliphatic hydroxyl groups is 1. The lowest BCUT2D eigenvalue weighted by Gasteiger charge is -2.34. The van der Waals surface area contributed by atoms with Crippen LogP contribution in [0, 0.1) is 0 Å². The molecule has 2 fully saturated rings. The second-order valence-corrected chi connectivity index (χ2v) is 6.79. The van der Waals surface area contributed by atoms with Gasteiger partial charge in [-0.1, -0.05) is 0 Å². The number of hydrogen-bond acceptors (Lipinski definition) is 5. The van der Waals surface area contributed by atoms with Crippen molar-refractivity contribution in [1.29, 1.82) is 0 Å². The molecule has 2 N–H and O–H groups in total. The topological polar surface area (TPSA) is 56.6 Å². The van der Waals surface area contributed by atoms with Crippen LogP contribution in [0.15, 0.2) is 36.7 Å². The number of β-amino-alcohol motifs (C(OH)–C–C–N with tert-alkyl or cyclic N) is 1. The van der Waals surface area contributed by atoms with Crippen LogP contribution in [0.5, 0.6) is 0 Å². The Morgan fingerprint density at radius 2 is 1.83 bits per heavy atom. The van der Waals surface area contributed by atoms with Crippen LogP contribution >= 0.6 is 0 Å². The third-order valence-electron chi connectivity index (χ3n) is 5.17. The summed E-state index contributed by atoms with van der Waals surface area (Å²) >= 11 is 0. The molecule has 1 aromatic carbocycles. The van der Waals surface area contributed by atoms with Gasteiger partial charge in [0.05, 0.1) is 12.1 Å². The fraction of sp³-hybridized carbons (Fsp3) is 0.500. The summed E-state index contributed by atoms with van der Waals surface area (Å²) in [6.07, 6.45) is 3.42. The lowest BCUT2D eigenvalue weighted by atomic mass is 10.1. The minimum Gasteiger partial charge on any atom is -0.390 e. The quantitative estimate of drug-likeness (QED) is 0.874. The van der Waals surface area contributed by atoms with Crippen molar-refractivity contribution in [2.75, 3.05) is 51.2 Å². The predicted octanol–water partition coefficient (Wildman–Crippen LogP) is 0.807. The van der Waals surface area contributed by atoms with Crippen LogP contribution in [0.4, 0.5) is 5.69 Å². The first-order valence-corrected chi connectivity index (χ1v) is 8.68. The number of rotatable bonds is 3. The second-order valence-electron chi connectivity index (χ2n) is 6.79. The van der Waals surface area contributed by atoms with Gasteiger partial charge >= 0.3 is 0 Å². The van der Waals surface area contributed by atoms with Gasteiger partial charge in [0.1, 0.15) is 5.82 Å². The molecule has 0 saturated carbocycles. The molecule has 2 atom stereocenters. The van der Waals surface area contributed by atoms with Gasteiger partial charge in [0.15, 0.2) is 0 Å². The van der Waals surface area contributed by atoms with Gasteiger partial charge in [0, 0.05) is 62.9 Å². The summed E-state index contributed by atoms with van der Waals surface area (Å²) in [6.45, 7) is 5.79. The Hall–Kier alpha value is -1.89. The van der Waals surface area contributed by atoms with Crippen molar-refractivity contribution >= 4 is 5.69 Å². The monoisotopic (exact) mass is 327 g/mol. The van der Waals surface area contributed by atoms with Gasteiger partial charge < -0.3 is 24.8 Å². The van der Waals surface area contributed by atoms with E-state index in [-0.39, 0.29) is 12.1 Å². The second kappa shape index (κ2) is 6.55. The normalized spacial score (nSPS) is 25.3. The van der Waals surface area contributed by atoms with Gasteiger partial charge in [0.25, 0.3) is 0 Å². The third kappa shape index (κ3) is 2.92. The molecule has 0 spiro atoms. The van der Waals surface area contributed by atoms with Crippen molar-refractivity contribution in [3.63, 3.8) is 0 Å². The van der Waals surface area contributed by atoms with E-state index in [9.17, 15) is 5.11 Å². The fourth-order valence-electron chi connectivity index (χ4n) is 3.63. The number of piperazine rings is 1. The maximum absolute atomic E-state index is 10.1. The first kappa shape index (κ1) is 15.6. The molecule has 6 heteroatoms. The van der Waals surface area contributed by atoms with Gasteiger partial charge in [-0.15, -0.1) is 0 Å². The highest BCUT2D eigenvalue weighted by Crippen LogP contribution is 2.27. The van der Waals surface area contributed by atoms with Gasteiger partial charge in [-0.05, 0) is 31.3 Å². The largest absolute Gasteiger partial charge is 0.390 e. The summed E-state index contributed by atoms with van der Waals surface area (Å²) in [4.78, 5) is 9.32. The maximum Gasteiger partial charge on any atom is 0.140 e. The number of aromatic nitrogens is 2. The molecule has 3 heterocycles. The van der Waals surface area contributed by atoms with Crippen LogP contribution in [0.25, 0.3) is 11.4 Å². The van der Waals surface area contributed by atoms with E-state index in [2.05, 4.69) is 56.0 Å². The Labute approximate surface area is 142 Å². The molecule has 2 aliphatic heterocycles. The molecule has 6 nitrogen and oxygen atoms in total. The number of anilines is 1. The number of benzene rings is 1. The molecular weight excluding hydrogens is 302 g/mol. The number of nitrogens with zero attached hydrogens (tertiary/aromatic N) is 4. The van der Waals surface area contributed by atoms with Gasteiger partial charge in [0.2, 0.25) is 0 Å². The summed E-state index contributed by atoms with van der Waals surface area (Å²) in [6, 6.07) is 8.70. The van der Waals surface area contributed by atoms with Crippen LogP contribution < -0.4 is 10.2 Å². The number of hydrogen-bond donors (Lipinski definition) is 2. The van der Waals surface area contributed by atoms with Crippen LogP contribution in [0.3, 0.4) is 0 Å². The minimum atomic E-state index is -0.359. The zero-order valence-corrected chi connectivity index (χ0v) is 14.1. The van der Waals surface area contributed by atoms with Crippen LogP contribution in [-0.2, 0) is 0 Å². The molecule has 1 aromatic heterocycles. The van der Waals surface area contributed by atoms with Crippen molar-refractivity contribution in [3.8, 4) is 11.4 Å². The first-order valence-electron chi connectivity index (χ1n) is 8.68. The molecule has 0 unspecified atom stereocenters. The Kier molecular flexibility index (Phi) is 4.26. The van der Waals surface area contributed by atoms with E-state index in [1.54, 1.807) is 0 Å². The molecule has 0 bridgehead atoms. The summed E-state index contributed by atoms with van der Waals surface area (Å²) in [5.74, 6) is 0.924. The van der Waals surface area contributed by atoms with E-state index in [0.717, 1.165) is 44.1 Å². The zero-order chi connectivity index (χ0) is 16.5. The first-order chi connectivity index (χ1) is 11.7. The van der Waals surface area contributed by atoms with Gasteiger partial charge in [-0.25, -0.2) is 4.98 Å². The summed E-state index contributed by atoms with van der Waals surface area (Å²) in [7, 11) is 2.17. The number of aliphatic hydroxyl groups excluding tert-OH is 1. The summed E-state index contributed by atoms with van der Waals surface area (Å²) < 4.78 is 2.09. The van der Waals surface area contributed by atoms with E-state index < -0.39 is 0 Å². The highest BCUT2D eigenvalue weighted by molar-refractivity contribution is 5.61. The molecular formula is C18H25N5O. The summed E-state index contributed by atoms with van der Waals surface area (Å²) in [5, 5.41) is 13.4. The molecule has 2 aliphatic rings. The fourth-order valence-corrected chi connectivity index (χ4v) is 3.63. The van der Waals surface area contributed by atoms with Crippen LogP contribution in [-0.4, -0.2) is 72.0 Å². The van der Waals surface area contributed by atoms with E-state index in [0.29, 0.717) is 6.54 Å². The third-order valence-corrected chi connectivity index (χ3v) is 5.17. The predicted molar refractivity (Wildman–Crippen MR) is 95.3 cm³/mol. The molecule has 128 valence electrons. The highest BCUT2D eigenvalue weighted by Gasteiger charge is 2.28. The van der Waals surface area contributed by atoms with Crippen molar-refractivity contribution in [2.24, 2.45) is 0 Å². The zero-order valence-electron chi connectivity index (χ0n) is 14.1. The molecule has 24 heavy (non-hydrogen) atoms. The van der Waals surface area contributed by atoms with E-state index in [1.807, 2.05) is 12.4 Å². The molecule has 2 saturated heterocycles. The molecule has 0 aliphatic carbocycles. The van der Waals surface area contributed by atoms with Crippen LogP contribution in [0.1, 0.15) is 6.04 Å². The standard InChI is InChI=1S/C18H25N5O/c1-21-8-10-22(11-9-21)15-4-2-14(3-5-15)18-20-6-7-23(18)16-12-19-13-17(16)24/h2-7,16-17,19,24H,8-13H2,1H3/t16-,17-/m1/s1. The van der Waals surface area contributed by atoms with Crippen molar-refractivity contribution < 1.29 is 5.11 Å². The Morgan fingerprint density at radius 3 is 2.50 bits per heavy atom. The average molecular weight is 327 g/mol. The molecule has 2 aromatic rings. The maximum atomic E-state index is 10.1. The Morgan fingerprint density at radius 1 is 1.08 bits per heavy atom. The number of nitrogens with one attached hydrogen (secondary N) is 1. The molecule has 4 rings (SSSR count). The minimum absolute atomic E-state index is 0.0554. The summed E-state index contributed by atoms with van der Waals surface area (Å²) in [5.41, 5.74) is 2.37. The van der Waals surface area contributed by atoms with E-state index in [1.165, 1.54) is 5.69 Å². The number of likely N-dealkylation sites (N-methyl/N-ethyl adjacent to an activating group) is 1. The molecule has 0 amide bonds. The number of imidazole rings is 1. The SMILES string of the molecule is CN1CCN(c2ccc(-c3nccn3[C@@H]3CNC[C@H]3O)cc2)CC1. The lowest BCUT2D eigenvalue weighted by Crippen LogP contribution is -2.44. The van der Waals surface area contributed by atoms with Crippen molar-refractivity contribution in [1.82, 2.24) is 19.8 Å². The highest BCUT2D eigenvalue weighted by atomic mass is 16.3.